The Morgan fingerprint density at radius 1 is 0.947 bits per heavy atom. The number of rotatable bonds is 8. The van der Waals surface area contributed by atoms with Gasteiger partial charge in [0.2, 0.25) is 12.6 Å². The highest BCUT2D eigenvalue weighted by Crippen LogP contribution is 2.33. The average molecular weight is 525 g/mol. The van der Waals surface area contributed by atoms with Crippen molar-refractivity contribution >= 4 is 17.7 Å². The third-order valence-corrected chi connectivity index (χ3v) is 7.21. The van der Waals surface area contributed by atoms with Crippen molar-refractivity contribution in [2.24, 2.45) is 0 Å². The van der Waals surface area contributed by atoms with Gasteiger partial charge < -0.3 is 19.2 Å². The number of fused-ring (bicyclic) bond motifs is 1. The summed E-state index contributed by atoms with van der Waals surface area (Å²) in [5.74, 6) is 3.27. The molecule has 0 saturated carbocycles. The van der Waals surface area contributed by atoms with Crippen molar-refractivity contribution in [2.45, 2.75) is 24.4 Å². The van der Waals surface area contributed by atoms with Crippen molar-refractivity contribution in [3.05, 3.63) is 107 Å². The maximum absolute atomic E-state index is 12.7. The number of ether oxygens (including phenoxy) is 2. The Balaban J connectivity index is 1.13. The normalized spacial score (nSPS) is 12.0. The largest absolute Gasteiger partial charge is 0.461 e. The van der Waals surface area contributed by atoms with Crippen LogP contribution in [0.15, 0.2) is 94.7 Å². The van der Waals surface area contributed by atoms with Crippen LogP contribution in [0, 0.1) is 6.92 Å². The summed E-state index contributed by atoms with van der Waals surface area (Å²) in [7, 11) is 0. The number of amides is 1. The molecule has 0 unspecified atom stereocenters. The summed E-state index contributed by atoms with van der Waals surface area (Å²) in [6, 6.07) is 25.1. The molecule has 0 bridgehead atoms. The van der Waals surface area contributed by atoms with E-state index in [0.29, 0.717) is 35.2 Å². The standard InChI is InChI=1S/C29H24N4O4S/c1-19-5-2-3-6-23(19)33-27(25-7-4-14-35-25)31-32-29(33)38-17-20-8-11-22(12-9-20)28(34)30-16-21-10-13-24-26(15-21)37-18-36-24/h2-15H,16-18H2,1H3,(H,30,34). The first-order chi connectivity index (χ1) is 18.7. The number of para-hydroxylation sites is 1. The molecule has 1 amide bonds. The highest BCUT2D eigenvalue weighted by Gasteiger charge is 2.19. The van der Waals surface area contributed by atoms with Crippen molar-refractivity contribution in [1.82, 2.24) is 20.1 Å². The predicted molar refractivity (Wildman–Crippen MR) is 144 cm³/mol. The molecule has 0 radical (unpaired) electrons. The van der Waals surface area contributed by atoms with Crippen LogP contribution < -0.4 is 14.8 Å². The lowest BCUT2D eigenvalue weighted by atomic mass is 10.1. The zero-order valence-electron chi connectivity index (χ0n) is 20.6. The van der Waals surface area contributed by atoms with Gasteiger partial charge in [0, 0.05) is 17.9 Å². The minimum atomic E-state index is -0.135. The summed E-state index contributed by atoms with van der Waals surface area (Å²) in [6.07, 6.45) is 1.63. The van der Waals surface area contributed by atoms with Gasteiger partial charge in [-0.2, -0.15) is 0 Å². The molecule has 6 rings (SSSR count). The van der Waals surface area contributed by atoms with E-state index in [0.717, 1.165) is 33.3 Å². The number of benzene rings is 3. The zero-order valence-corrected chi connectivity index (χ0v) is 21.4. The first-order valence-electron chi connectivity index (χ1n) is 12.1. The van der Waals surface area contributed by atoms with Crippen molar-refractivity contribution in [1.29, 1.82) is 0 Å². The molecule has 8 nitrogen and oxygen atoms in total. The number of carbonyl (C=O) groups excluding carboxylic acids is 1. The monoisotopic (exact) mass is 524 g/mol. The summed E-state index contributed by atoms with van der Waals surface area (Å²) in [5, 5.41) is 12.6. The van der Waals surface area contributed by atoms with Gasteiger partial charge in [-0.15, -0.1) is 10.2 Å². The number of nitrogens with zero attached hydrogens (tertiary/aromatic N) is 3. The fourth-order valence-corrected chi connectivity index (χ4v) is 5.10. The van der Waals surface area contributed by atoms with Gasteiger partial charge in [0.15, 0.2) is 22.4 Å². The second-order valence-corrected chi connectivity index (χ2v) is 9.70. The lowest BCUT2D eigenvalue weighted by molar-refractivity contribution is 0.0951. The number of hydrogen-bond donors (Lipinski definition) is 1. The fraction of sp³-hybridized carbons (Fsp3) is 0.138. The van der Waals surface area contributed by atoms with E-state index in [1.54, 1.807) is 18.0 Å². The first kappa shape index (κ1) is 23.9. The van der Waals surface area contributed by atoms with Gasteiger partial charge in [-0.1, -0.05) is 48.2 Å². The van der Waals surface area contributed by atoms with Crippen molar-refractivity contribution in [3.8, 4) is 28.8 Å². The molecule has 2 aromatic heterocycles. The number of aromatic nitrogens is 3. The minimum Gasteiger partial charge on any atom is -0.461 e. The summed E-state index contributed by atoms with van der Waals surface area (Å²) in [6.45, 7) is 2.69. The van der Waals surface area contributed by atoms with Crippen LogP contribution in [-0.2, 0) is 12.3 Å². The van der Waals surface area contributed by atoms with Gasteiger partial charge in [-0.3, -0.25) is 9.36 Å². The van der Waals surface area contributed by atoms with Crippen LogP contribution in [0.2, 0.25) is 0 Å². The smallest absolute Gasteiger partial charge is 0.251 e. The number of carbonyl (C=O) groups is 1. The maximum Gasteiger partial charge on any atom is 0.251 e. The molecule has 0 atom stereocenters. The second kappa shape index (κ2) is 10.5. The number of aryl methyl sites for hydroxylation is 1. The Bertz CT molecular complexity index is 1580. The number of furan rings is 1. The van der Waals surface area contributed by atoms with E-state index in [1.165, 1.54) is 0 Å². The Labute approximate surface area is 223 Å². The summed E-state index contributed by atoms with van der Waals surface area (Å²) in [4.78, 5) is 12.7. The van der Waals surface area contributed by atoms with Gasteiger partial charge in [0.05, 0.1) is 12.0 Å². The molecular weight excluding hydrogens is 500 g/mol. The van der Waals surface area contributed by atoms with E-state index in [2.05, 4.69) is 28.5 Å². The van der Waals surface area contributed by atoms with E-state index in [9.17, 15) is 4.79 Å². The quantitative estimate of drug-likeness (QED) is 0.257. The van der Waals surface area contributed by atoms with Gasteiger partial charge in [0.1, 0.15) is 0 Å². The molecule has 9 heteroatoms. The molecule has 5 aromatic rings. The molecule has 3 aromatic carbocycles. The number of hydrogen-bond acceptors (Lipinski definition) is 7. The Hall–Kier alpha value is -4.50. The van der Waals surface area contributed by atoms with Crippen molar-refractivity contribution in [3.63, 3.8) is 0 Å². The minimum absolute atomic E-state index is 0.135. The molecule has 190 valence electrons. The third kappa shape index (κ3) is 4.88. The third-order valence-electron chi connectivity index (χ3n) is 6.21. The molecule has 1 aliphatic heterocycles. The molecule has 0 aliphatic carbocycles. The Kier molecular flexibility index (Phi) is 6.58. The van der Waals surface area contributed by atoms with Crippen LogP contribution in [-0.4, -0.2) is 27.5 Å². The van der Waals surface area contributed by atoms with Gasteiger partial charge in [-0.05, 0) is 66.1 Å². The number of nitrogens with one attached hydrogen (secondary N) is 1. The Morgan fingerprint density at radius 2 is 1.76 bits per heavy atom. The molecule has 0 spiro atoms. The lowest BCUT2D eigenvalue weighted by Gasteiger charge is -2.12. The zero-order chi connectivity index (χ0) is 25.9. The molecule has 0 fully saturated rings. The first-order valence-corrected chi connectivity index (χ1v) is 13.1. The van der Waals surface area contributed by atoms with Crippen LogP contribution >= 0.6 is 11.8 Å². The van der Waals surface area contributed by atoms with E-state index < -0.39 is 0 Å². The van der Waals surface area contributed by atoms with Crippen LogP contribution in [0.1, 0.15) is 27.0 Å². The van der Waals surface area contributed by atoms with Crippen LogP contribution in [0.4, 0.5) is 0 Å². The molecule has 1 N–H and O–H groups in total. The van der Waals surface area contributed by atoms with Crippen LogP contribution in [0.3, 0.4) is 0 Å². The molecule has 0 saturated heterocycles. The second-order valence-electron chi connectivity index (χ2n) is 8.76. The number of thioether (sulfide) groups is 1. The van der Waals surface area contributed by atoms with E-state index in [1.807, 2.05) is 77.4 Å². The Morgan fingerprint density at radius 3 is 2.58 bits per heavy atom. The predicted octanol–water partition coefficient (Wildman–Crippen LogP) is 5.79. The average Bonchev–Trinajstić information content (AvgIpc) is 3.72. The summed E-state index contributed by atoms with van der Waals surface area (Å²) >= 11 is 1.58. The highest BCUT2D eigenvalue weighted by atomic mass is 32.2. The topological polar surface area (TPSA) is 91.4 Å². The van der Waals surface area contributed by atoms with Crippen LogP contribution in [0.5, 0.6) is 11.5 Å². The van der Waals surface area contributed by atoms with Gasteiger partial charge in [-0.25, -0.2) is 0 Å². The summed E-state index contributed by atoms with van der Waals surface area (Å²) in [5.41, 5.74) is 4.73. The van der Waals surface area contributed by atoms with E-state index in [-0.39, 0.29) is 12.7 Å². The molecule has 3 heterocycles. The molecular formula is C29H24N4O4S. The van der Waals surface area contributed by atoms with E-state index >= 15 is 0 Å². The van der Waals surface area contributed by atoms with Crippen molar-refractivity contribution < 1.29 is 18.7 Å². The van der Waals surface area contributed by atoms with Gasteiger partial charge in [0.25, 0.3) is 5.91 Å². The van der Waals surface area contributed by atoms with Crippen molar-refractivity contribution in [2.75, 3.05) is 6.79 Å². The SMILES string of the molecule is Cc1ccccc1-n1c(SCc2ccc(C(=O)NCc3ccc4c(c3)OCO4)cc2)nnc1-c1ccco1. The summed E-state index contributed by atoms with van der Waals surface area (Å²) < 4.78 is 18.4. The highest BCUT2D eigenvalue weighted by molar-refractivity contribution is 7.98. The van der Waals surface area contributed by atoms with Crippen LogP contribution in [0.25, 0.3) is 17.3 Å². The lowest BCUT2D eigenvalue weighted by Crippen LogP contribution is -2.22. The maximum atomic E-state index is 12.7. The molecule has 38 heavy (non-hydrogen) atoms. The molecule has 1 aliphatic rings. The van der Waals surface area contributed by atoms with E-state index in [4.69, 9.17) is 13.9 Å². The van der Waals surface area contributed by atoms with Gasteiger partial charge >= 0.3 is 0 Å². The fourth-order valence-electron chi connectivity index (χ4n) is 4.20.